The summed E-state index contributed by atoms with van der Waals surface area (Å²) in [5.74, 6) is -0.448. The molecule has 2 rings (SSSR count). The minimum absolute atomic E-state index is 0.102. The van der Waals surface area contributed by atoms with E-state index in [9.17, 15) is 9.59 Å². The Hall–Kier alpha value is -2.18. The predicted octanol–water partition coefficient (Wildman–Crippen LogP) is 5.65. The second-order valence-corrected chi connectivity index (χ2v) is 8.28. The van der Waals surface area contributed by atoms with E-state index in [-0.39, 0.29) is 11.9 Å². The lowest BCUT2D eigenvalue weighted by molar-refractivity contribution is -0.137. The first-order chi connectivity index (χ1) is 14.0. The van der Waals surface area contributed by atoms with Gasteiger partial charge in [0.1, 0.15) is 4.32 Å². The van der Waals surface area contributed by atoms with E-state index >= 15 is 0 Å². The van der Waals surface area contributed by atoms with Gasteiger partial charge in [0.05, 0.1) is 11.5 Å². The van der Waals surface area contributed by atoms with Crippen LogP contribution >= 0.6 is 24.0 Å². The topological polar surface area (TPSA) is 55.4 Å². The Balaban J connectivity index is 2.09. The Labute approximate surface area is 182 Å². The fourth-order valence-corrected chi connectivity index (χ4v) is 3.93. The van der Waals surface area contributed by atoms with Gasteiger partial charge in [0.2, 0.25) is 0 Å². The molecule has 0 aliphatic carbocycles. The number of carbonyl (C=O) groups is 2. The normalized spacial score (nSPS) is 15.9. The number of benzene rings is 1. The SMILES string of the molecule is CCCCCCC(/C=C/c1ccc(/C=C/C(=O)OCC)cc1)=C1\SC(=S)NC1=O. The van der Waals surface area contributed by atoms with Crippen LogP contribution in [0.3, 0.4) is 0 Å². The summed E-state index contributed by atoms with van der Waals surface area (Å²) in [5.41, 5.74) is 2.97. The third-order valence-corrected chi connectivity index (χ3v) is 5.61. The summed E-state index contributed by atoms with van der Waals surface area (Å²) in [6, 6.07) is 7.84. The van der Waals surface area contributed by atoms with Crippen molar-refractivity contribution in [1.29, 1.82) is 0 Å². The number of thioether (sulfide) groups is 1. The van der Waals surface area contributed by atoms with Crippen molar-refractivity contribution in [2.45, 2.75) is 46.0 Å². The number of amides is 1. The van der Waals surface area contributed by atoms with Crippen LogP contribution in [-0.4, -0.2) is 22.8 Å². The molecule has 1 aromatic carbocycles. The van der Waals surface area contributed by atoms with Crippen molar-refractivity contribution < 1.29 is 14.3 Å². The highest BCUT2D eigenvalue weighted by Crippen LogP contribution is 2.30. The average molecular weight is 430 g/mol. The minimum atomic E-state index is -0.346. The number of esters is 1. The second kappa shape index (κ2) is 12.4. The van der Waals surface area contributed by atoms with Crippen LogP contribution < -0.4 is 5.32 Å². The fraction of sp³-hybridized carbons (Fsp3) is 0.348. The van der Waals surface area contributed by atoms with E-state index in [2.05, 4.69) is 12.2 Å². The van der Waals surface area contributed by atoms with Gasteiger partial charge < -0.3 is 10.1 Å². The zero-order valence-corrected chi connectivity index (χ0v) is 18.5. The molecule has 0 saturated carbocycles. The van der Waals surface area contributed by atoms with Gasteiger partial charge in [-0.05, 0) is 42.5 Å². The van der Waals surface area contributed by atoms with Crippen molar-refractivity contribution in [2.24, 2.45) is 0 Å². The molecule has 1 saturated heterocycles. The molecule has 0 aromatic heterocycles. The highest BCUT2D eigenvalue weighted by molar-refractivity contribution is 8.26. The Morgan fingerprint density at radius 3 is 2.28 bits per heavy atom. The Bertz CT molecular complexity index is 823. The summed E-state index contributed by atoms with van der Waals surface area (Å²) in [6.45, 7) is 4.33. The molecule has 4 nitrogen and oxygen atoms in total. The van der Waals surface area contributed by atoms with E-state index < -0.39 is 0 Å². The summed E-state index contributed by atoms with van der Waals surface area (Å²) < 4.78 is 5.39. The van der Waals surface area contributed by atoms with E-state index in [1.165, 1.54) is 30.7 Å². The summed E-state index contributed by atoms with van der Waals surface area (Å²) in [4.78, 5) is 24.3. The van der Waals surface area contributed by atoms with Gasteiger partial charge in [-0.15, -0.1) is 0 Å². The number of allylic oxidation sites excluding steroid dienone is 2. The van der Waals surface area contributed by atoms with Crippen molar-refractivity contribution in [3.8, 4) is 0 Å². The Morgan fingerprint density at radius 2 is 1.72 bits per heavy atom. The van der Waals surface area contributed by atoms with Gasteiger partial charge in [0.15, 0.2) is 0 Å². The maximum absolute atomic E-state index is 12.2. The summed E-state index contributed by atoms with van der Waals surface area (Å²) >= 11 is 6.47. The number of carbonyl (C=O) groups excluding carboxylic acids is 2. The van der Waals surface area contributed by atoms with Crippen LogP contribution in [-0.2, 0) is 14.3 Å². The lowest BCUT2D eigenvalue weighted by atomic mass is 10.0. The van der Waals surface area contributed by atoms with Crippen LogP contribution in [0.1, 0.15) is 57.1 Å². The van der Waals surface area contributed by atoms with Crippen molar-refractivity contribution in [2.75, 3.05) is 6.61 Å². The first kappa shape index (κ1) is 23.1. The van der Waals surface area contributed by atoms with Gasteiger partial charge in [-0.25, -0.2) is 4.79 Å². The van der Waals surface area contributed by atoms with Gasteiger partial charge >= 0.3 is 5.97 Å². The van der Waals surface area contributed by atoms with Gasteiger partial charge in [-0.3, -0.25) is 4.79 Å². The van der Waals surface area contributed by atoms with Gasteiger partial charge in [-0.2, -0.15) is 0 Å². The zero-order valence-electron chi connectivity index (χ0n) is 16.9. The Morgan fingerprint density at radius 1 is 1.07 bits per heavy atom. The number of hydrogen-bond donors (Lipinski definition) is 1. The van der Waals surface area contributed by atoms with Crippen molar-refractivity contribution in [1.82, 2.24) is 5.32 Å². The standard InChI is InChI=1S/C23H27NO3S2/c1-3-5-6-7-8-19(21-22(26)24-23(28)29-21)15-13-17-9-11-18(12-10-17)14-16-20(25)27-4-2/h9-16H,3-8H2,1-2H3,(H,24,26,28)/b15-13+,16-14+,21-19+. The molecule has 1 heterocycles. The monoisotopic (exact) mass is 429 g/mol. The van der Waals surface area contributed by atoms with Crippen LogP contribution in [0.2, 0.25) is 0 Å². The molecule has 0 unspecified atom stereocenters. The summed E-state index contributed by atoms with van der Waals surface area (Å²) in [6.07, 6.45) is 12.6. The molecular formula is C23H27NO3S2. The van der Waals surface area contributed by atoms with E-state index in [1.807, 2.05) is 36.4 Å². The molecule has 6 heteroatoms. The van der Waals surface area contributed by atoms with Crippen molar-refractivity contribution in [3.63, 3.8) is 0 Å². The van der Waals surface area contributed by atoms with Crippen LogP contribution in [0.4, 0.5) is 0 Å². The number of thiocarbonyl (C=S) groups is 1. The molecule has 1 N–H and O–H groups in total. The maximum Gasteiger partial charge on any atom is 0.330 e. The number of nitrogens with one attached hydrogen (secondary N) is 1. The highest BCUT2D eigenvalue weighted by atomic mass is 32.2. The molecule has 1 aromatic rings. The van der Waals surface area contributed by atoms with E-state index in [1.54, 1.807) is 13.0 Å². The molecule has 29 heavy (non-hydrogen) atoms. The van der Waals surface area contributed by atoms with E-state index in [0.29, 0.717) is 15.8 Å². The molecule has 1 aliphatic rings. The number of unbranched alkanes of at least 4 members (excludes halogenated alkanes) is 3. The molecule has 0 bridgehead atoms. The first-order valence-corrected chi connectivity index (χ1v) is 11.1. The van der Waals surface area contributed by atoms with Crippen molar-refractivity contribution >= 4 is 52.3 Å². The van der Waals surface area contributed by atoms with Crippen LogP contribution in [0.5, 0.6) is 0 Å². The molecule has 1 fully saturated rings. The fourth-order valence-electron chi connectivity index (χ4n) is 2.81. The van der Waals surface area contributed by atoms with Crippen LogP contribution in [0.15, 0.2) is 46.9 Å². The molecule has 154 valence electrons. The maximum atomic E-state index is 12.2. The van der Waals surface area contributed by atoms with Gasteiger partial charge in [-0.1, -0.05) is 86.6 Å². The van der Waals surface area contributed by atoms with Crippen molar-refractivity contribution in [3.05, 3.63) is 58.0 Å². The minimum Gasteiger partial charge on any atom is -0.463 e. The average Bonchev–Trinajstić information content (AvgIpc) is 3.05. The number of rotatable bonds is 10. The molecule has 0 radical (unpaired) electrons. The van der Waals surface area contributed by atoms with Gasteiger partial charge in [0, 0.05) is 6.08 Å². The van der Waals surface area contributed by atoms with Crippen LogP contribution in [0.25, 0.3) is 12.2 Å². The molecular weight excluding hydrogens is 402 g/mol. The second-order valence-electron chi connectivity index (χ2n) is 6.59. The number of ether oxygens (including phenoxy) is 1. The van der Waals surface area contributed by atoms with E-state index in [4.69, 9.17) is 17.0 Å². The highest BCUT2D eigenvalue weighted by Gasteiger charge is 2.24. The lowest BCUT2D eigenvalue weighted by Crippen LogP contribution is -2.18. The molecule has 0 spiro atoms. The van der Waals surface area contributed by atoms with Gasteiger partial charge in [0.25, 0.3) is 5.91 Å². The third kappa shape index (κ3) is 7.99. The smallest absolute Gasteiger partial charge is 0.330 e. The largest absolute Gasteiger partial charge is 0.463 e. The Kier molecular flexibility index (Phi) is 9.88. The quantitative estimate of drug-likeness (QED) is 0.225. The van der Waals surface area contributed by atoms with Crippen LogP contribution in [0, 0.1) is 0 Å². The summed E-state index contributed by atoms with van der Waals surface area (Å²) in [5, 5.41) is 2.71. The zero-order chi connectivity index (χ0) is 21.1. The summed E-state index contributed by atoms with van der Waals surface area (Å²) in [7, 11) is 0. The molecule has 1 amide bonds. The third-order valence-electron chi connectivity index (χ3n) is 4.32. The first-order valence-electron chi connectivity index (χ1n) is 9.92. The van der Waals surface area contributed by atoms with E-state index in [0.717, 1.165) is 36.0 Å². The predicted molar refractivity (Wildman–Crippen MR) is 125 cm³/mol. The molecule has 1 aliphatic heterocycles. The molecule has 0 atom stereocenters. The number of hydrogen-bond acceptors (Lipinski definition) is 5. The lowest BCUT2D eigenvalue weighted by Gasteiger charge is -2.05.